The maximum atomic E-state index is 12.7. The molecule has 3 amide bonds. The quantitative estimate of drug-likeness (QED) is 0.532. The van der Waals surface area contributed by atoms with Crippen LogP contribution in [0.3, 0.4) is 0 Å². The second-order valence-electron chi connectivity index (χ2n) is 7.91. The molecule has 9 nitrogen and oxygen atoms in total. The smallest absolute Gasteiger partial charge is 0.247 e. The Hall–Kier alpha value is -2.56. The second kappa shape index (κ2) is 8.52. The highest BCUT2D eigenvalue weighted by Gasteiger charge is 2.50. The largest absolute Gasteiger partial charge is 0.379 e. The number of amides is 3. The Kier molecular flexibility index (Phi) is 5.96. The number of nitrogens with zero attached hydrogens (tertiary/aromatic N) is 2. The molecule has 0 unspecified atom stereocenters. The summed E-state index contributed by atoms with van der Waals surface area (Å²) in [6, 6.07) is 4.89. The number of nitrogens with one attached hydrogen (secondary N) is 1. The van der Waals surface area contributed by atoms with E-state index in [0.717, 1.165) is 4.90 Å². The fourth-order valence-electron chi connectivity index (χ4n) is 4.22. The van der Waals surface area contributed by atoms with Crippen molar-refractivity contribution in [2.24, 2.45) is 11.8 Å². The molecule has 31 heavy (non-hydrogen) atoms. The van der Waals surface area contributed by atoms with E-state index < -0.39 is 33.8 Å². The lowest BCUT2D eigenvalue weighted by Gasteiger charge is -2.26. The van der Waals surface area contributed by atoms with Gasteiger partial charge in [0, 0.05) is 18.8 Å². The van der Waals surface area contributed by atoms with E-state index in [0.29, 0.717) is 44.8 Å². The summed E-state index contributed by atoms with van der Waals surface area (Å²) in [4.78, 5) is 39.2. The maximum Gasteiger partial charge on any atom is 0.247 e. The lowest BCUT2D eigenvalue weighted by atomic mass is 9.85. The van der Waals surface area contributed by atoms with E-state index >= 15 is 0 Å². The standard InChI is InChI=1S/C21H25N3O6S/c1-14(24-20(26)17-4-2-3-5-18(17)21(24)27)19(25)22-15-6-8-16(9-7-15)31(28,29)23-10-12-30-13-11-23/h2-3,6-9,14,17-18H,4-5,10-13H2,1H3,(H,22,25)/t14-,17-,18+/m0/s1. The molecule has 166 valence electrons. The molecule has 3 atom stereocenters. The minimum Gasteiger partial charge on any atom is -0.379 e. The lowest BCUT2D eigenvalue weighted by molar-refractivity contribution is -0.146. The van der Waals surface area contributed by atoms with Gasteiger partial charge in [0.25, 0.3) is 0 Å². The van der Waals surface area contributed by atoms with Crippen LogP contribution in [-0.2, 0) is 29.1 Å². The molecule has 1 aliphatic carbocycles. The molecule has 3 aliphatic rings. The maximum absolute atomic E-state index is 12.7. The summed E-state index contributed by atoms with van der Waals surface area (Å²) in [7, 11) is -3.63. The van der Waals surface area contributed by atoms with Crippen molar-refractivity contribution >= 4 is 33.4 Å². The molecule has 2 aliphatic heterocycles. The first-order valence-electron chi connectivity index (χ1n) is 10.3. The number of allylic oxidation sites excluding steroid dienone is 2. The van der Waals surface area contributed by atoms with Crippen LogP contribution in [0.5, 0.6) is 0 Å². The van der Waals surface area contributed by atoms with Crippen molar-refractivity contribution in [3.8, 4) is 0 Å². The zero-order valence-electron chi connectivity index (χ0n) is 17.2. The van der Waals surface area contributed by atoms with E-state index in [1.165, 1.54) is 35.5 Å². The number of benzene rings is 1. The highest BCUT2D eigenvalue weighted by Crippen LogP contribution is 2.36. The van der Waals surface area contributed by atoms with Crippen LogP contribution in [0.15, 0.2) is 41.3 Å². The molecule has 0 radical (unpaired) electrons. The molecule has 1 aromatic carbocycles. The first-order valence-corrected chi connectivity index (χ1v) is 11.8. The predicted octanol–water partition coefficient (Wildman–Crippen LogP) is 0.986. The number of hydrogen-bond donors (Lipinski definition) is 1. The van der Waals surface area contributed by atoms with Crippen molar-refractivity contribution in [1.29, 1.82) is 0 Å². The van der Waals surface area contributed by atoms with Crippen molar-refractivity contribution in [3.63, 3.8) is 0 Å². The highest BCUT2D eigenvalue weighted by atomic mass is 32.2. The average molecular weight is 448 g/mol. The molecule has 2 saturated heterocycles. The van der Waals surface area contributed by atoms with Crippen molar-refractivity contribution < 1.29 is 27.5 Å². The van der Waals surface area contributed by atoms with Gasteiger partial charge >= 0.3 is 0 Å². The third-order valence-electron chi connectivity index (χ3n) is 6.04. The Morgan fingerprint density at radius 3 is 2.13 bits per heavy atom. The third kappa shape index (κ3) is 4.02. The monoisotopic (exact) mass is 447 g/mol. The molecule has 0 saturated carbocycles. The zero-order chi connectivity index (χ0) is 22.2. The Balaban J connectivity index is 1.43. The van der Waals surface area contributed by atoms with Gasteiger partial charge in [0.15, 0.2) is 0 Å². The van der Waals surface area contributed by atoms with E-state index in [9.17, 15) is 22.8 Å². The molecular formula is C21H25N3O6S. The molecule has 2 fully saturated rings. The number of morpholine rings is 1. The van der Waals surface area contributed by atoms with Crippen LogP contribution < -0.4 is 5.32 Å². The minimum atomic E-state index is -3.63. The number of rotatable bonds is 5. The normalized spacial score (nSPS) is 25.4. The summed E-state index contributed by atoms with van der Waals surface area (Å²) < 4.78 is 32.0. The SMILES string of the molecule is C[C@@H](C(=O)Nc1ccc(S(=O)(=O)N2CCOCC2)cc1)N1C(=O)[C@H]2CC=CC[C@H]2C1=O. The molecule has 4 rings (SSSR count). The molecule has 0 bridgehead atoms. The Bertz CT molecular complexity index is 988. The first kappa shape index (κ1) is 21.7. The average Bonchev–Trinajstić information content (AvgIpc) is 3.04. The number of carbonyl (C=O) groups excluding carboxylic acids is 3. The molecular weight excluding hydrogens is 422 g/mol. The Morgan fingerprint density at radius 1 is 1.03 bits per heavy atom. The van der Waals surface area contributed by atoms with Gasteiger partial charge in [-0.05, 0) is 44.0 Å². The van der Waals surface area contributed by atoms with Crippen LogP contribution in [0.4, 0.5) is 5.69 Å². The van der Waals surface area contributed by atoms with E-state index in [4.69, 9.17) is 4.74 Å². The fourth-order valence-corrected chi connectivity index (χ4v) is 5.63. The van der Waals surface area contributed by atoms with Crippen LogP contribution in [0.1, 0.15) is 19.8 Å². The first-order chi connectivity index (χ1) is 14.8. The van der Waals surface area contributed by atoms with E-state index in [1.807, 2.05) is 12.2 Å². The molecule has 2 heterocycles. The van der Waals surface area contributed by atoms with Crippen molar-refractivity contribution in [3.05, 3.63) is 36.4 Å². The number of hydrogen-bond acceptors (Lipinski definition) is 6. The van der Waals surface area contributed by atoms with Gasteiger partial charge in [-0.2, -0.15) is 4.31 Å². The van der Waals surface area contributed by atoms with Gasteiger partial charge in [0.1, 0.15) is 6.04 Å². The lowest BCUT2D eigenvalue weighted by Crippen LogP contribution is -2.46. The topological polar surface area (TPSA) is 113 Å². The number of imide groups is 1. The Morgan fingerprint density at radius 2 is 1.58 bits per heavy atom. The molecule has 1 aromatic rings. The highest BCUT2D eigenvalue weighted by molar-refractivity contribution is 7.89. The third-order valence-corrected chi connectivity index (χ3v) is 7.95. The molecule has 0 aromatic heterocycles. The van der Waals surface area contributed by atoms with E-state index in [2.05, 4.69) is 5.32 Å². The predicted molar refractivity (Wildman–Crippen MR) is 111 cm³/mol. The fraction of sp³-hybridized carbons (Fsp3) is 0.476. The van der Waals surface area contributed by atoms with Crippen LogP contribution >= 0.6 is 0 Å². The van der Waals surface area contributed by atoms with Gasteiger partial charge in [-0.1, -0.05) is 12.2 Å². The second-order valence-corrected chi connectivity index (χ2v) is 9.85. The summed E-state index contributed by atoms with van der Waals surface area (Å²) in [6.07, 6.45) is 4.82. The summed E-state index contributed by atoms with van der Waals surface area (Å²) in [5.74, 6) is -1.91. The number of anilines is 1. The number of likely N-dealkylation sites (tertiary alicyclic amines) is 1. The minimum absolute atomic E-state index is 0.127. The summed E-state index contributed by atoms with van der Waals surface area (Å²) in [5, 5.41) is 2.67. The van der Waals surface area contributed by atoms with Gasteiger partial charge in [-0.25, -0.2) is 8.42 Å². The van der Waals surface area contributed by atoms with Crippen LogP contribution in [0.25, 0.3) is 0 Å². The Labute approximate surface area is 181 Å². The van der Waals surface area contributed by atoms with Gasteiger partial charge in [0.05, 0.1) is 29.9 Å². The number of fused-ring (bicyclic) bond motifs is 1. The van der Waals surface area contributed by atoms with Gasteiger partial charge in [0.2, 0.25) is 27.7 Å². The van der Waals surface area contributed by atoms with Gasteiger partial charge in [-0.3, -0.25) is 19.3 Å². The van der Waals surface area contributed by atoms with Crippen LogP contribution in [0.2, 0.25) is 0 Å². The van der Waals surface area contributed by atoms with Crippen molar-refractivity contribution in [2.75, 3.05) is 31.6 Å². The number of sulfonamides is 1. The number of carbonyl (C=O) groups is 3. The molecule has 1 N–H and O–H groups in total. The number of ether oxygens (including phenoxy) is 1. The molecule has 0 spiro atoms. The van der Waals surface area contributed by atoms with Crippen molar-refractivity contribution in [2.45, 2.75) is 30.7 Å². The molecule has 10 heteroatoms. The van der Waals surface area contributed by atoms with Crippen molar-refractivity contribution in [1.82, 2.24) is 9.21 Å². The van der Waals surface area contributed by atoms with E-state index in [-0.39, 0.29) is 16.7 Å². The van der Waals surface area contributed by atoms with E-state index in [1.54, 1.807) is 0 Å². The summed E-state index contributed by atoms with van der Waals surface area (Å²) in [5.41, 5.74) is 0.385. The summed E-state index contributed by atoms with van der Waals surface area (Å²) >= 11 is 0. The van der Waals surface area contributed by atoms with Gasteiger partial charge < -0.3 is 10.1 Å². The van der Waals surface area contributed by atoms with Gasteiger partial charge in [-0.15, -0.1) is 0 Å². The van der Waals surface area contributed by atoms with Crippen LogP contribution in [0, 0.1) is 11.8 Å². The summed E-state index contributed by atoms with van der Waals surface area (Å²) in [6.45, 7) is 2.84. The van der Waals surface area contributed by atoms with Crippen LogP contribution in [-0.4, -0.2) is 67.7 Å². The zero-order valence-corrected chi connectivity index (χ0v) is 18.0.